The Morgan fingerprint density at radius 2 is 0.941 bits per heavy atom. The summed E-state index contributed by atoms with van der Waals surface area (Å²) in [6, 6.07) is 18.7. The Morgan fingerprint density at radius 1 is 0.588 bits per heavy atom. The van der Waals surface area contributed by atoms with Crippen LogP contribution in [0.2, 0.25) is 0 Å². The average molecular weight is 459 g/mol. The van der Waals surface area contributed by atoms with E-state index in [2.05, 4.69) is 62.4 Å². The Balaban J connectivity index is 1.16. The van der Waals surface area contributed by atoms with E-state index in [0.717, 1.165) is 12.8 Å². The summed E-state index contributed by atoms with van der Waals surface area (Å²) in [4.78, 5) is 12.9. The summed E-state index contributed by atoms with van der Waals surface area (Å²) in [6.45, 7) is 4.49. The number of rotatable bonds is 10. The molecule has 0 saturated heterocycles. The first-order valence-corrected chi connectivity index (χ1v) is 14.3. The zero-order valence-electron chi connectivity index (χ0n) is 21.7. The minimum atomic E-state index is 0.541. The SMILES string of the molecule is CCCc1ccc(C2CCC(CC(=O)C[C@H]3CC[C@H](c4ccc(CCC)cc4)CC3)CC2)cc1. The molecule has 184 valence electrons. The first-order chi connectivity index (χ1) is 16.6. The summed E-state index contributed by atoms with van der Waals surface area (Å²) in [5.74, 6) is 3.20. The van der Waals surface area contributed by atoms with Crippen LogP contribution in [0.3, 0.4) is 0 Å². The van der Waals surface area contributed by atoms with Crippen molar-refractivity contribution in [3.05, 3.63) is 70.8 Å². The van der Waals surface area contributed by atoms with Crippen LogP contribution in [0, 0.1) is 11.8 Å². The second-order valence-corrected chi connectivity index (χ2v) is 11.4. The molecule has 0 heterocycles. The monoisotopic (exact) mass is 458 g/mol. The third-order valence-electron chi connectivity index (χ3n) is 8.71. The number of hydrogen-bond acceptors (Lipinski definition) is 1. The van der Waals surface area contributed by atoms with Gasteiger partial charge in [0.15, 0.2) is 0 Å². The van der Waals surface area contributed by atoms with E-state index in [1.54, 1.807) is 0 Å². The summed E-state index contributed by atoms with van der Waals surface area (Å²) < 4.78 is 0. The Morgan fingerprint density at radius 3 is 1.26 bits per heavy atom. The topological polar surface area (TPSA) is 17.1 Å². The second kappa shape index (κ2) is 12.7. The molecule has 2 saturated carbocycles. The molecule has 34 heavy (non-hydrogen) atoms. The predicted molar refractivity (Wildman–Crippen MR) is 145 cm³/mol. The van der Waals surface area contributed by atoms with Gasteiger partial charge in [-0.2, -0.15) is 0 Å². The van der Waals surface area contributed by atoms with E-state index in [1.807, 2.05) is 0 Å². The van der Waals surface area contributed by atoms with Gasteiger partial charge in [-0.3, -0.25) is 4.79 Å². The first kappa shape index (κ1) is 25.2. The summed E-state index contributed by atoms with van der Waals surface area (Å²) >= 11 is 0. The zero-order valence-corrected chi connectivity index (χ0v) is 21.7. The van der Waals surface area contributed by atoms with Crippen LogP contribution >= 0.6 is 0 Å². The molecular formula is C33H46O. The number of carbonyl (C=O) groups excluding carboxylic acids is 1. The quantitative estimate of drug-likeness (QED) is 0.347. The van der Waals surface area contributed by atoms with Crippen molar-refractivity contribution in [3.63, 3.8) is 0 Å². The highest BCUT2D eigenvalue weighted by Crippen LogP contribution is 2.40. The number of aryl methyl sites for hydroxylation is 2. The Bertz CT molecular complexity index is 788. The van der Waals surface area contributed by atoms with Crippen molar-refractivity contribution in [3.8, 4) is 0 Å². The second-order valence-electron chi connectivity index (χ2n) is 11.4. The van der Waals surface area contributed by atoms with Crippen LogP contribution in [0.5, 0.6) is 0 Å². The van der Waals surface area contributed by atoms with E-state index in [1.165, 1.54) is 99.3 Å². The Hall–Kier alpha value is -1.89. The van der Waals surface area contributed by atoms with Gasteiger partial charge in [-0.1, -0.05) is 75.2 Å². The van der Waals surface area contributed by atoms with Gasteiger partial charge in [-0.15, -0.1) is 0 Å². The molecule has 0 radical (unpaired) electrons. The molecule has 4 rings (SSSR count). The summed E-state index contributed by atoms with van der Waals surface area (Å²) in [6.07, 6.45) is 16.4. The van der Waals surface area contributed by atoms with Gasteiger partial charge in [0.2, 0.25) is 0 Å². The third-order valence-corrected chi connectivity index (χ3v) is 8.71. The standard InChI is InChI=1S/C33H46O/c1-3-5-25-7-15-29(16-8-25)31-19-11-27(12-20-31)23-33(34)24-28-13-21-32(22-14-28)30-17-9-26(6-4-2)10-18-30/h7-10,15-18,27-28,31-32H,3-6,11-14,19-24H2,1-2H3/t27-,28?,31-,32?. The molecule has 0 spiro atoms. The molecule has 2 aliphatic rings. The van der Waals surface area contributed by atoms with Gasteiger partial charge in [-0.25, -0.2) is 0 Å². The minimum Gasteiger partial charge on any atom is -0.300 e. The Kier molecular flexibility index (Phi) is 9.42. The highest BCUT2D eigenvalue weighted by molar-refractivity contribution is 5.78. The van der Waals surface area contributed by atoms with Gasteiger partial charge in [0, 0.05) is 12.8 Å². The summed E-state index contributed by atoms with van der Waals surface area (Å²) in [5, 5.41) is 0. The maximum atomic E-state index is 12.9. The summed E-state index contributed by atoms with van der Waals surface area (Å²) in [5.41, 5.74) is 5.96. The van der Waals surface area contributed by atoms with Crippen molar-refractivity contribution in [1.29, 1.82) is 0 Å². The Labute approximate surface area is 208 Å². The van der Waals surface area contributed by atoms with Crippen LogP contribution in [0.15, 0.2) is 48.5 Å². The lowest BCUT2D eigenvalue weighted by Crippen LogP contribution is -2.20. The highest BCUT2D eigenvalue weighted by Gasteiger charge is 2.27. The van der Waals surface area contributed by atoms with Crippen molar-refractivity contribution in [2.75, 3.05) is 0 Å². The smallest absolute Gasteiger partial charge is 0.133 e. The molecule has 0 aromatic heterocycles. The fourth-order valence-electron chi connectivity index (χ4n) is 6.62. The van der Waals surface area contributed by atoms with E-state index in [0.29, 0.717) is 29.5 Å². The molecule has 0 N–H and O–H groups in total. The fourth-order valence-corrected chi connectivity index (χ4v) is 6.62. The van der Waals surface area contributed by atoms with E-state index < -0.39 is 0 Å². The third kappa shape index (κ3) is 7.06. The molecule has 0 unspecified atom stereocenters. The van der Waals surface area contributed by atoms with Crippen molar-refractivity contribution in [2.24, 2.45) is 11.8 Å². The van der Waals surface area contributed by atoms with Gasteiger partial charge < -0.3 is 0 Å². The maximum Gasteiger partial charge on any atom is 0.133 e. The van der Waals surface area contributed by atoms with Gasteiger partial charge in [-0.05, 0) is 110 Å². The molecule has 1 heteroatoms. The molecule has 0 aliphatic heterocycles. The van der Waals surface area contributed by atoms with Crippen molar-refractivity contribution in [2.45, 2.75) is 116 Å². The van der Waals surface area contributed by atoms with E-state index in [-0.39, 0.29) is 0 Å². The molecule has 0 amide bonds. The average Bonchev–Trinajstić information content (AvgIpc) is 2.86. The lowest BCUT2D eigenvalue weighted by atomic mass is 9.74. The molecule has 2 aliphatic carbocycles. The van der Waals surface area contributed by atoms with Crippen LogP contribution in [0.25, 0.3) is 0 Å². The van der Waals surface area contributed by atoms with E-state index in [4.69, 9.17) is 0 Å². The van der Waals surface area contributed by atoms with Crippen LogP contribution < -0.4 is 0 Å². The van der Waals surface area contributed by atoms with E-state index in [9.17, 15) is 4.79 Å². The summed E-state index contributed by atoms with van der Waals surface area (Å²) in [7, 11) is 0. The number of benzene rings is 2. The highest BCUT2D eigenvalue weighted by atomic mass is 16.1. The fraction of sp³-hybridized carbons (Fsp3) is 0.606. The van der Waals surface area contributed by atoms with Gasteiger partial charge in [0.1, 0.15) is 5.78 Å². The van der Waals surface area contributed by atoms with Gasteiger partial charge in [0.25, 0.3) is 0 Å². The molecule has 0 bridgehead atoms. The maximum absolute atomic E-state index is 12.9. The number of Topliss-reactive ketones (excluding diaryl/α,β-unsaturated/α-hetero) is 1. The normalized spacial score (nSPS) is 25.2. The number of ketones is 1. The molecule has 2 aromatic rings. The van der Waals surface area contributed by atoms with E-state index >= 15 is 0 Å². The van der Waals surface area contributed by atoms with Crippen molar-refractivity contribution in [1.82, 2.24) is 0 Å². The van der Waals surface area contributed by atoms with Crippen molar-refractivity contribution < 1.29 is 4.79 Å². The molecular weight excluding hydrogens is 412 g/mol. The van der Waals surface area contributed by atoms with Crippen LogP contribution in [-0.2, 0) is 17.6 Å². The molecule has 2 aromatic carbocycles. The zero-order chi connectivity index (χ0) is 23.8. The van der Waals surface area contributed by atoms with Gasteiger partial charge in [0.05, 0.1) is 0 Å². The van der Waals surface area contributed by atoms with Gasteiger partial charge >= 0.3 is 0 Å². The minimum absolute atomic E-state index is 0.541. The molecule has 0 atom stereocenters. The lowest BCUT2D eigenvalue weighted by Gasteiger charge is -2.30. The predicted octanol–water partition coefficient (Wildman–Crippen LogP) is 9.19. The largest absolute Gasteiger partial charge is 0.300 e. The lowest BCUT2D eigenvalue weighted by molar-refractivity contribution is -0.121. The number of carbonyl (C=O) groups is 1. The van der Waals surface area contributed by atoms with Crippen LogP contribution in [0.1, 0.15) is 125 Å². The first-order valence-electron chi connectivity index (χ1n) is 14.3. The van der Waals surface area contributed by atoms with Crippen LogP contribution in [0.4, 0.5) is 0 Å². The van der Waals surface area contributed by atoms with Crippen molar-refractivity contribution >= 4 is 5.78 Å². The number of hydrogen-bond donors (Lipinski definition) is 0. The van der Waals surface area contributed by atoms with Crippen LogP contribution in [-0.4, -0.2) is 5.78 Å². The molecule has 1 nitrogen and oxygen atoms in total. The molecule has 2 fully saturated rings.